The van der Waals surface area contributed by atoms with E-state index in [1.54, 1.807) is 0 Å². The number of hydrogen-bond donors (Lipinski definition) is 1. The summed E-state index contributed by atoms with van der Waals surface area (Å²) in [7, 11) is -1.90. The van der Waals surface area contributed by atoms with E-state index in [0.29, 0.717) is 5.75 Å². The quantitative estimate of drug-likeness (QED) is 0.227. The van der Waals surface area contributed by atoms with Crippen LogP contribution < -0.4 is 13.6 Å². The topological polar surface area (TPSA) is 27.7 Å². The Morgan fingerprint density at radius 1 is 0.512 bits per heavy atom. The first-order chi connectivity index (χ1) is 18.6. The Labute approximate surface area is 256 Å². The molecule has 0 bridgehead atoms. The summed E-state index contributed by atoms with van der Waals surface area (Å²) < 4.78 is 20.3. The Hall–Kier alpha value is -2.16. The molecule has 3 aromatic rings. The highest BCUT2D eigenvalue weighted by Crippen LogP contribution is 2.50. The van der Waals surface area contributed by atoms with Crippen LogP contribution in [-0.2, 0) is 21.7 Å². The summed E-state index contributed by atoms with van der Waals surface area (Å²) in [6.07, 6.45) is 0. The van der Waals surface area contributed by atoms with Crippen LogP contribution in [0.4, 0.5) is 0 Å². The molecule has 41 heavy (non-hydrogen) atoms. The number of rotatable bonds is 6. The lowest BCUT2D eigenvalue weighted by atomic mass is 9.80. The minimum Gasteiger partial charge on any atom is -0.408 e. The van der Waals surface area contributed by atoms with Crippen molar-refractivity contribution in [1.82, 2.24) is 0 Å². The van der Waals surface area contributed by atoms with Gasteiger partial charge in [0.1, 0.15) is 17.2 Å². The van der Waals surface area contributed by atoms with Gasteiger partial charge in [0, 0.05) is 21.6 Å². The monoisotopic (exact) mass is 594 g/mol. The molecule has 0 amide bonds. The summed E-state index contributed by atoms with van der Waals surface area (Å²) in [5, 5.41) is 0. The molecule has 1 unspecified atom stereocenters. The fraction of sp³-hybridized carbons (Fsp3) is 0.500. The molecule has 1 atom stereocenters. The summed E-state index contributed by atoms with van der Waals surface area (Å²) in [5.41, 5.74) is 6.48. The van der Waals surface area contributed by atoms with Gasteiger partial charge in [-0.3, -0.25) is 0 Å². The lowest BCUT2D eigenvalue weighted by molar-refractivity contribution is 0.368. The van der Waals surface area contributed by atoms with E-state index in [4.69, 9.17) is 26.2 Å². The largest absolute Gasteiger partial charge is 0.530 e. The normalized spacial score (nSPS) is 13.6. The van der Waals surface area contributed by atoms with E-state index >= 15 is 0 Å². The molecular formula is C36H51O3PS. The van der Waals surface area contributed by atoms with E-state index in [0.717, 1.165) is 38.6 Å². The van der Waals surface area contributed by atoms with Gasteiger partial charge >= 0.3 is 8.60 Å². The summed E-state index contributed by atoms with van der Waals surface area (Å²) in [5.74, 6) is 2.24. The smallest absolute Gasteiger partial charge is 0.408 e. The Kier molecular flexibility index (Phi) is 9.63. The van der Waals surface area contributed by atoms with Crippen molar-refractivity contribution in [1.29, 1.82) is 0 Å². The molecule has 0 saturated heterocycles. The first-order valence-corrected chi connectivity index (χ1v) is 16.1. The van der Waals surface area contributed by atoms with Gasteiger partial charge in [-0.1, -0.05) is 119 Å². The lowest BCUT2D eigenvalue weighted by Gasteiger charge is -2.30. The molecule has 0 aromatic heterocycles. The molecule has 5 heteroatoms. The van der Waals surface area contributed by atoms with Crippen LogP contribution in [0.2, 0.25) is 0 Å². The maximum absolute atomic E-state index is 6.78. The average molecular weight is 595 g/mol. The van der Waals surface area contributed by atoms with Gasteiger partial charge in [0.25, 0.3) is 0 Å². The van der Waals surface area contributed by atoms with Gasteiger partial charge in [-0.05, 0) is 64.8 Å². The van der Waals surface area contributed by atoms with E-state index < -0.39 is 8.60 Å². The van der Waals surface area contributed by atoms with Crippen molar-refractivity contribution < 1.29 is 13.6 Å². The minimum atomic E-state index is -1.90. The van der Waals surface area contributed by atoms with Gasteiger partial charge in [-0.15, -0.1) is 12.6 Å². The fourth-order valence-electron chi connectivity index (χ4n) is 4.67. The molecule has 0 spiro atoms. The van der Waals surface area contributed by atoms with Crippen LogP contribution in [0, 0.1) is 13.8 Å². The van der Waals surface area contributed by atoms with E-state index in [1.165, 1.54) is 11.1 Å². The van der Waals surface area contributed by atoms with Crippen LogP contribution in [0.25, 0.3) is 0 Å². The summed E-state index contributed by atoms with van der Waals surface area (Å²) >= 11 is 4.86. The number of hydrogen-bond acceptors (Lipinski definition) is 4. The molecular weight excluding hydrogens is 543 g/mol. The molecule has 0 radical (unpaired) electrons. The molecule has 0 heterocycles. The van der Waals surface area contributed by atoms with Crippen LogP contribution in [0.5, 0.6) is 17.2 Å². The van der Waals surface area contributed by atoms with Crippen molar-refractivity contribution in [2.45, 2.75) is 123 Å². The Bertz CT molecular complexity index is 1380. The van der Waals surface area contributed by atoms with Crippen LogP contribution in [-0.4, -0.2) is 0 Å². The fourth-order valence-corrected chi connectivity index (χ4v) is 6.21. The van der Waals surface area contributed by atoms with Crippen molar-refractivity contribution in [3.05, 3.63) is 81.9 Å². The number of benzene rings is 3. The van der Waals surface area contributed by atoms with Crippen molar-refractivity contribution in [3.8, 4) is 17.2 Å². The van der Waals surface area contributed by atoms with Gasteiger partial charge in [0.05, 0.1) is 0 Å². The lowest BCUT2D eigenvalue weighted by Crippen LogP contribution is -2.19. The minimum absolute atomic E-state index is 0.0181. The highest BCUT2D eigenvalue weighted by Gasteiger charge is 2.32. The Morgan fingerprint density at radius 3 is 1.46 bits per heavy atom. The highest BCUT2D eigenvalue weighted by molar-refractivity contribution is 7.80. The molecule has 0 N–H and O–H groups in total. The first-order valence-electron chi connectivity index (χ1n) is 14.5. The second-order valence-electron chi connectivity index (χ2n) is 15.4. The number of aryl methyl sites for hydroxylation is 2. The SMILES string of the molecule is Cc1ccc(OP(Oc2ccc(C(C)(C)C)cc2C(C)(C)C)Oc2c(S)cc(C)cc2C(C)(C)C)c(C(C)(C)C)c1. The van der Waals surface area contributed by atoms with E-state index in [1.807, 2.05) is 12.1 Å². The maximum Gasteiger partial charge on any atom is 0.530 e. The van der Waals surface area contributed by atoms with E-state index in [-0.39, 0.29) is 21.7 Å². The third kappa shape index (κ3) is 8.45. The summed E-state index contributed by atoms with van der Waals surface area (Å²) in [4.78, 5) is 0.772. The Morgan fingerprint density at radius 2 is 0.976 bits per heavy atom. The van der Waals surface area contributed by atoms with Crippen molar-refractivity contribution in [3.63, 3.8) is 0 Å². The zero-order chi connectivity index (χ0) is 31.1. The molecule has 3 aromatic carbocycles. The van der Waals surface area contributed by atoms with Crippen LogP contribution >= 0.6 is 21.2 Å². The van der Waals surface area contributed by atoms with Crippen molar-refractivity contribution >= 4 is 21.2 Å². The number of thiol groups is 1. The molecule has 3 rings (SSSR count). The van der Waals surface area contributed by atoms with Crippen LogP contribution in [0.1, 0.15) is 116 Å². The molecule has 0 aliphatic carbocycles. The van der Waals surface area contributed by atoms with Crippen molar-refractivity contribution in [2.24, 2.45) is 0 Å². The van der Waals surface area contributed by atoms with E-state index in [2.05, 4.69) is 133 Å². The zero-order valence-corrected chi connectivity index (χ0v) is 29.5. The predicted octanol–water partition coefficient (Wildman–Crippen LogP) is 11.5. The maximum atomic E-state index is 6.78. The van der Waals surface area contributed by atoms with E-state index in [9.17, 15) is 0 Å². The van der Waals surface area contributed by atoms with Crippen LogP contribution in [0.15, 0.2) is 53.4 Å². The Balaban J connectivity index is 2.20. The predicted molar refractivity (Wildman–Crippen MR) is 180 cm³/mol. The van der Waals surface area contributed by atoms with Crippen LogP contribution in [0.3, 0.4) is 0 Å². The second kappa shape index (κ2) is 11.8. The standard InChI is InChI=1S/C36H51O3PS/c1-23-15-17-29(26(19-23)34(6,7)8)37-40(39-32-28(36(12,13)14)20-24(2)21-31(32)41)38-30-18-16-25(33(3,4)5)22-27(30)35(9,10)11/h15-22,41H,1-14H3. The highest BCUT2D eigenvalue weighted by atomic mass is 32.1. The van der Waals surface area contributed by atoms with Crippen molar-refractivity contribution in [2.75, 3.05) is 0 Å². The second-order valence-corrected chi connectivity index (χ2v) is 16.8. The van der Waals surface area contributed by atoms with Gasteiger partial charge in [-0.2, -0.15) is 0 Å². The molecule has 0 aliphatic rings. The van der Waals surface area contributed by atoms with Gasteiger partial charge in [-0.25, -0.2) is 0 Å². The molecule has 3 nitrogen and oxygen atoms in total. The zero-order valence-electron chi connectivity index (χ0n) is 27.7. The molecule has 0 saturated carbocycles. The molecule has 224 valence electrons. The third-order valence-electron chi connectivity index (χ3n) is 7.13. The average Bonchev–Trinajstić information content (AvgIpc) is 2.79. The summed E-state index contributed by atoms with van der Waals surface area (Å²) in [6.45, 7) is 30.7. The third-order valence-corrected chi connectivity index (χ3v) is 8.49. The van der Waals surface area contributed by atoms with Gasteiger partial charge in [0.2, 0.25) is 0 Å². The molecule has 0 aliphatic heterocycles. The van der Waals surface area contributed by atoms with Gasteiger partial charge < -0.3 is 13.6 Å². The molecule has 0 fully saturated rings. The van der Waals surface area contributed by atoms with Gasteiger partial charge in [0.15, 0.2) is 0 Å². The summed E-state index contributed by atoms with van der Waals surface area (Å²) in [6, 6.07) is 17.0. The first kappa shape index (κ1) is 33.3.